The third-order valence-electron chi connectivity index (χ3n) is 11.3. The van der Waals surface area contributed by atoms with Crippen LogP contribution in [0.25, 0.3) is 60.4 Å². The quantitative estimate of drug-likeness (QED) is 0.179. The molecule has 3 aliphatic rings. The summed E-state index contributed by atoms with van der Waals surface area (Å²) in [5, 5.41) is 7.62. The molecule has 3 aliphatic carbocycles. The molecule has 0 N–H and O–H groups in total. The molecule has 6 aromatic rings. The van der Waals surface area contributed by atoms with E-state index in [1.54, 1.807) is 5.57 Å². The van der Waals surface area contributed by atoms with Gasteiger partial charge in [0.2, 0.25) is 0 Å². The lowest BCUT2D eigenvalue weighted by Gasteiger charge is -2.31. The van der Waals surface area contributed by atoms with Crippen LogP contribution in [0.15, 0.2) is 145 Å². The van der Waals surface area contributed by atoms with E-state index >= 15 is 0 Å². The number of nitrogens with zero attached hydrogens (tertiary/aromatic N) is 2. The highest BCUT2D eigenvalue weighted by atomic mass is 14.8. The molecule has 2 nitrogen and oxygen atoms in total. The highest BCUT2D eigenvalue weighted by Gasteiger charge is 2.36. The largest absolute Gasteiger partial charge is 0.260 e. The molecule has 1 fully saturated rings. The van der Waals surface area contributed by atoms with Gasteiger partial charge in [-0.15, -0.1) is 0 Å². The van der Waals surface area contributed by atoms with Crippen molar-refractivity contribution in [3.8, 4) is 22.5 Å². The van der Waals surface area contributed by atoms with Gasteiger partial charge in [-0.1, -0.05) is 135 Å². The van der Waals surface area contributed by atoms with Gasteiger partial charge in [-0.3, -0.25) is 4.98 Å². The summed E-state index contributed by atoms with van der Waals surface area (Å²) in [6.45, 7) is 4.80. The molecule has 9 rings (SSSR count). The zero-order valence-electron chi connectivity index (χ0n) is 27.7. The van der Waals surface area contributed by atoms with Crippen molar-refractivity contribution in [1.29, 1.82) is 0 Å². The summed E-state index contributed by atoms with van der Waals surface area (Å²) in [4.78, 5) is 9.82. The molecule has 4 unspecified atom stereocenters. The Morgan fingerprint density at radius 1 is 0.708 bits per heavy atom. The molecule has 4 atom stereocenters. The first-order valence-corrected chi connectivity index (χ1v) is 17.7. The van der Waals surface area contributed by atoms with Crippen LogP contribution in [0.2, 0.25) is 0 Å². The van der Waals surface area contributed by atoms with Crippen molar-refractivity contribution in [3.05, 3.63) is 150 Å². The topological polar surface area (TPSA) is 25.8 Å². The zero-order chi connectivity index (χ0) is 32.2. The fraction of sp³-hybridized carbons (Fsp3) is 0.217. The third kappa shape index (κ3) is 4.94. The number of hydrogen-bond acceptors (Lipinski definition) is 2. The summed E-state index contributed by atoms with van der Waals surface area (Å²) < 4.78 is 0. The Morgan fingerprint density at radius 2 is 1.38 bits per heavy atom. The first-order chi connectivity index (χ1) is 23.6. The molecular formula is C46H40N2. The predicted molar refractivity (Wildman–Crippen MR) is 202 cm³/mol. The van der Waals surface area contributed by atoms with Gasteiger partial charge in [0.05, 0.1) is 23.8 Å². The van der Waals surface area contributed by atoms with Crippen LogP contribution in [0.1, 0.15) is 45.1 Å². The van der Waals surface area contributed by atoms with E-state index in [1.165, 1.54) is 68.3 Å². The molecule has 234 valence electrons. The van der Waals surface area contributed by atoms with Crippen molar-refractivity contribution >= 4 is 37.9 Å². The molecule has 1 saturated carbocycles. The monoisotopic (exact) mass is 620 g/mol. The van der Waals surface area contributed by atoms with E-state index in [2.05, 4.69) is 140 Å². The highest BCUT2D eigenvalue weighted by Crippen LogP contribution is 2.48. The van der Waals surface area contributed by atoms with E-state index in [0.29, 0.717) is 11.8 Å². The first kappa shape index (κ1) is 29.1. The minimum Gasteiger partial charge on any atom is -0.260 e. The number of aromatic nitrogens is 2. The van der Waals surface area contributed by atoms with Gasteiger partial charge >= 0.3 is 0 Å². The summed E-state index contributed by atoms with van der Waals surface area (Å²) in [5.74, 6) is 2.74. The maximum atomic E-state index is 5.15. The average Bonchev–Trinajstić information content (AvgIpc) is 3.59. The van der Waals surface area contributed by atoms with Crippen LogP contribution in [0.3, 0.4) is 0 Å². The maximum Gasteiger partial charge on any atom is 0.0892 e. The second kappa shape index (κ2) is 11.9. The Balaban J connectivity index is 0.998. The van der Waals surface area contributed by atoms with Gasteiger partial charge in [0.25, 0.3) is 0 Å². The number of benzene rings is 5. The number of rotatable bonds is 5. The SMILES string of the molecule is CCC1CCC2=CC(C3C=CC(c4cccc(-c5cncc(-c6ccc7c8ccccc8c8ccccc8c7c6)n5)c4)=CC3)=CC(C)C21. The van der Waals surface area contributed by atoms with Crippen LogP contribution in [0, 0.1) is 23.7 Å². The Kier molecular flexibility index (Phi) is 7.19. The molecule has 0 radical (unpaired) electrons. The standard InChI is InChI=1S/C46H40N2/c1-3-30-15-20-36-25-37(23-29(2)46(30)36)32-18-16-31(17-19-32)33-9-8-10-34(24-33)44-27-47-28-45(48-44)35-21-22-42-40-13-5-4-11-38(40)39-12-6-7-14-41(39)43(42)26-35/h4-14,16-18,21-30,32,46H,3,15,19-20H2,1-2H3. The fourth-order valence-electron chi connectivity index (χ4n) is 8.95. The number of fused-ring (bicyclic) bond motifs is 7. The van der Waals surface area contributed by atoms with Gasteiger partial charge in [-0.25, -0.2) is 4.98 Å². The summed E-state index contributed by atoms with van der Waals surface area (Å²) in [7, 11) is 0. The molecule has 0 bridgehead atoms. The molecular weight excluding hydrogens is 581 g/mol. The Hall–Kier alpha value is -5.08. The number of hydrogen-bond donors (Lipinski definition) is 0. The van der Waals surface area contributed by atoms with Crippen molar-refractivity contribution < 1.29 is 0 Å². The van der Waals surface area contributed by atoms with Gasteiger partial charge < -0.3 is 0 Å². The van der Waals surface area contributed by atoms with Crippen LogP contribution in [0.5, 0.6) is 0 Å². The van der Waals surface area contributed by atoms with Gasteiger partial charge in [0.1, 0.15) is 0 Å². The summed E-state index contributed by atoms with van der Waals surface area (Å²) in [6, 6.07) is 32.9. The summed E-state index contributed by atoms with van der Waals surface area (Å²) >= 11 is 0. The van der Waals surface area contributed by atoms with E-state index in [1.807, 2.05) is 12.4 Å². The van der Waals surface area contributed by atoms with Crippen LogP contribution in [0.4, 0.5) is 0 Å². The lowest BCUT2D eigenvalue weighted by atomic mass is 9.74. The molecule has 1 aromatic heterocycles. The molecule has 2 heteroatoms. The van der Waals surface area contributed by atoms with Gasteiger partial charge in [-0.05, 0) is 98.2 Å². The van der Waals surface area contributed by atoms with Gasteiger partial charge in [0, 0.05) is 17.0 Å². The summed E-state index contributed by atoms with van der Waals surface area (Å²) in [6.07, 6.45) is 21.1. The lowest BCUT2D eigenvalue weighted by Crippen LogP contribution is -2.20. The van der Waals surface area contributed by atoms with E-state index in [9.17, 15) is 0 Å². The minimum absolute atomic E-state index is 0.466. The second-order valence-corrected chi connectivity index (χ2v) is 14.1. The Bertz CT molecular complexity index is 2320. The smallest absolute Gasteiger partial charge is 0.0892 e. The van der Waals surface area contributed by atoms with E-state index in [0.717, 1.165) is 40.8 Å². The van der Waals surface area contributed by atoms with Crippen molar-refractivity contribution in [3.63, 3.8) is 0 Å². The van der Waals surface area contributed by atoms with Crippen LogP contribution < -0.4 is 0 Å². The molecule has 0 saturated heterocycles. The third-order valence-corrected chi connectivity index (χ3v) is 11.3. The van der Waals surface area contributed by atoms with Gasteiger partial charge in [-0.2, -0.15) is 0 Å². The van der Waals surface area contributed by atoms with Crippen LogP contribution in [-0.4, -0.2) is 9.97 Å². The van der Waals surface area contributed by atoms with E-state index in [-0.39, 0.29) is 0 Å². The normalized spacial score (nSPS) is 22.1. The molecule has 0 aliphatic heterocycles. The maximum absolute atomic E-state index is 5.15. The lowest BCUT2D eigenvalue weighted by molar-refractivity contribution is 0.341. The Morgan fingerprint density at radius 3 is 2.06 bits per heavy atom. The van der Waals surface area contributed by atoms with Crippen molar-refractivity contribution in [2.75, 3.05) is 0 Å². The second-order valence-electron chi connectivity index (χ2n) is 14.1. The van der Waals surface area contributed by atoms with E-state index < -0.39 is 0 Å². The van der Waals surface area contributed by atoms with Crippen LogP contribution in [-0.2, 0) is 0 Å². The molecule has 48 heavy (non-hydrogen) atoms. The van der Waals surface area contributed by atoms with E-state index in [4.69, 9.17) is 4.98 Å². The van der Waals surface area contributed by atoms with Crippen molar-refractivity contribution in [1.82, 2.24) is 9.97 Å². The Labute approximate surface area is 283 Å². The number of allylic oxidation sites excluding steroid dienone is 8. The molecule has 5 aromatic carbocycles. The zero-order valence-corrected chi connectivity index (χ0v) is 27.7. The van der Waals surface area contributed by atoms with Crippen LogP contribution >= 0.6 is 0 Å². The first-order valence-electron chi connectivity index (χ1n) is 17.7. The van der Waals surface area contributed by atoms with Crippen molar-refractivity contribution in [2.45, 2.75) is 39.5 Å². The van der Waals surface area contributed by atoms with Gasteiger partial charge in [0.15, 0.2) is 0 Å². The summed E-state index contributed by atoms with van der Waals surface area (Å²) in [5.41, 5.74) is 9.67. The predicted octanol–water partition coefficient (Wildman–Crippen LogP) is 12.2. The molecule has 0 spiro atoms. The van der Waals surface area contributed by atoms with Crippen molar-refractivity contribution in [2.24, 2.45) is 23.7 Å². The molecule has 0 amide bonds. The fourth-order valence-corrected chi connectivity index (χ4v) is 8.95. The minimum atomic E-state index is 0.466. The highest BCUT2D eigenvalue weighted by molar-refractivity contribution is 6.25. The molecule has 1 heterocycles. The average molecular weight is 621 g/mol.